The fraction of sp³-hybridized carbons (Fsp3) is 0.333. The number of nitrogens with zero attached hydrogens (tertiary/aromatic N) is 1. The molecule has 4 rings (SSSR count). The lowest BCUT2D eigenvalue weighted by Gasteiger charge is -2.28. The second kappa shape index (κ2) is 9.24. The molecule has 2 nitrogen and oxygen atoms in total. The second-order valence-corrected chi connectivity index (χ2v) is 9.83. The third kappa shape index (κ3) is 4.91. The predicted octanol–water partition coefficient (Wildman–Crippen LogP) is 7.67. The molecule has 0 radical (unpaired) electrons. The van der Waals surface area contributed by atoms with Gasteiger partial charge in [-0.25, -0.2) is 0 Å². The van der Waals surface area contributed by atoms with E-state index in [1.54, 1.807) is 0 Å². The fourth-order valence-electron chi connectivity index (χ4n) is 4.34. The molecule has 0 aliphatic carbocycles. The van der Waals surface area contributed by atoms with Crippen LogP contribution in [0, 0.1) is 0 Å². The van der Waals surface area contributed by atoms with Crippen LogP contribution in [0.5, 0.6) is 0 Å². The number of hydrogen-bond acceptors (Lipinski definition) is 2. The Labute approximate surface area is 194 Å². The van der Waals surface area contributed by atoms with Gasteiger partial charge >= 0.3 is 0 Å². The SMILES string of the molecule is CCc1ccc(NC2=C[C@@H](c3ccc(C(C)(C)C)cc3)N(c3ccc(CC)cc3)C2)cc1. The minimum absolute atomic E-state index is 0.164. The summed E-state index contributed by atoms with van der Waals surface area (Å²) in [4.78, 5) is 2.49. The number of rotatable bonds is 6. The van der Waals surface area contributed by atoms with Gasteiger partial charge < -0.3 is 10.2 Å². The molecule has 3 aromatic carbocycles. The van der Waals surface area contributed by atoms with Crippen molar-refractivity contribution in [1.29, 1.82) is 0 Å². The van der Waals surface area contributed by atoms with Crippen molar-refractivity contribution in [1.82, 2.24) is 0 Å². The van der Waals surface area contributed by atoms with Crippen LogP contribution < -0.4 is 10.2 Å². The average Bonchev–Trinajstić information content (AvgIpc) is 3.23. The van der Waals surface area contributed by atoms with E-state index in [1.807, 2.05) is 0 Å². The molecule has 0 saturated carbocycles. The summed E-state index contributed by atoms with van der Waals surface area (Å²) in [6.45, 7) is 12.1. The number of benzene rings is 3. The Bertz CT molecular complexity index is 1050. The van der Waals surface area contributed by atoms with E-state index in [9.17, 15) is 0 Å². The Morgan fingerprint density at radius 1 is 0.781 bits per heavy atom. The lowest BCUT2D eigenvalue weighted by atomic mass is 9.86. The van der Waals surface area contributed by atoms with Crippen molar-refractivity contribution in [2.75, 3.05) is 16.8 Å². The predicted molar refractivity (Wildman–Crippen MR) is 139 cm³/mol. The molecule has 1 aliphatic heterocycles. The highest BCUT2D eigenvalue weighted by Gasteiger charge is 2.27. The number of anilines is 2. The lowest BCUT2D eigenvalue weighted by Crippen LogP contribution is -2.25. The van der Waals surface area contributed by atoms with E-state index in [4.69, 9.17) is 0 Å². The van der Waals surface area contributed by atoms with Gasteiger partial charge in [-0.1, -0.05) is 83.1 Å². The quantitative estimate of drug-likeness (QED) is 0.437. The summed E-state index contributed by atoms with van der Waals surface area (Å²) >= 11 is 0. The molecule has 166 valence electrons. The van der Waals surface area contributed by atoms with Gasteiger partial charge in [0.05, 0.1) is 12.6 Å². The van der Waals surface area contributed by atoms with E-state index < -0.39 is 0 Å². The van der Waals surface area contributed by atoms with E-state index in [0.717, 1.165) is 25.1 Å². The Morgan fingerprint density at radius 3 is 1.88 bits per heavy atom. The summed E-state index contributed by atoms with van der Waals surface area (Å²) in [6, 6.07) is 27.2. The minimum Gasteiger partial charge on any atom is -0.358 e. The molecule has 0 aromatic heterocycles. The smallest absolute Gasteiger partial charge is 0.0751 e. The fourth-order valence-corrected chi connectivity index (χ4v) is 4.34. The molecule has 0 bridgehead atoms. The van der Waals surface area contributed by atoms with Gasteiger partial charge in [-0.15, -0.1) is 0 Å². The molecular formula is C30H36N2. The van der Waals surface area contributed by atoms with Crippen molar-refractivity contribution in [3.8, 4) is 0 Å². The van der Waals surface area contributed by atoms with Crippen molar-refractivity contribution < 1.29 is 0 Å². The molecule has 0 unspecified atom stereocenters. The van der Waals surface area contributed by atoms with Crippen LogP contribution in [0.4, 0.5) is 11.4 Å². The molecule has 2 heteroatoms. The molecule has 0 spiro atoms. The van der Waals surface area contributed by atoms with Crippen molar-refractivity contribution in [2.24, 2.45) is 0 Å². The van der Waals surface area contributed by atoms with Gasteiger partial charge in [0.15, 0.2) is 0 Å². The molecule has 1 heterocycles. The maximum atomic E-state index is 3.67. The molecule has 1 aliphatic rings. The maximum absolute atomic E-state index is 3.67. The normalized spacial score (nSPS) is 16.2. The first-order valence-corrected chi connectivity index (χ1v) is 11.9. The first kappa shape index (κ1) is 22.2. The monoisotopic (exact) mass is 424 g/mol. The van der Waals surface area contributed by atoms with E-state index in [1.165, 1.54) is 33.6 Å². The van der Waals surface area contributed by atoms with Crippen LogP contribution >= 0.6 is 0 Å². The van der Waals surface area contributed by atoms with Gasteiger partial charge in [0.2, 0.25) is 0 Å². The van der Waals surface area contributed by atoms with Crippen LogP contribution in [-0.2, 0) is 18.3 Å². The molecule has 1 N–H and O–H groups in total. The molecule has 0 saturated heterocycles. The van der Waals surface area contributed by atoms with E-state index in [2.05, 4.69) is 124 Å². The van der Waals surface area contributed by atoms with Crippen LogP contribution in [-0.4, -0.2) is 6.54 Å². The van der Waals surface area contributed by atoms with Gasteiger partial charge in [-0.2, -0.15) is 0 Å². The summed E-state index contributed by atoms with van der Waals surface area (Å²) in [5.74, 6) is 0. The first-order chi connectivity index (χ1) is 15.4. The standard InChI is InChI=1S/C30H36N2/c1-6-22-8-16-26(17-9-22)31-27-20-29(24-12-14-25(15-13-24)30(3,4)5)32(21-27)28-18-10-23(7-2)11-19-28/h8-20,29,31H,6-7,21H2,1-5H3/t29-/m0/s1. The van der Waals surface area contributed by atoms with Gasteiger partial charge in [0, 0.05) is 17.1 Å². The Morgan fingerprint density at radius 2 is 1.34 bits per heavy atom. The summed E-state index contributed by atoms with van der Waals surface area (Å²) in [5.41, 5.74) is 9.27. The van der Waals surface area contributed by atoms with Crippen molar-refractivity contribution in [3.63, 3.8) is 0 Å². The topological polar surface area (TPSA) is 15.3 Å². The van der Waals surface area contributed by atoms with Crippen molar-refractivity contribution in [2.45, 2.75) is 58.9 Å². The number of hydrogen-bond donors (Lipinski definition) is 1. The van der Waals surface area contributed by atoms with E-state index >= 15 is 0 Å². The zero-order valence-electron chi connectivity index (χ0n) is 20.2. The average molecular weight is 425 g/mol. The largest absolute Gasteiger partial charge is 0.358 e. The molecule has 32 heavy (non-hydrogen) atoms. The number of nitrogens with one attached hydrogen (secondary N) is 1. The molecular weight excluding hydrogens is 388 g/mol. The van der Waals surface area contributed by atoms with E-state index in [-0.39, 0.29) is 11.5 Å². The maximum Gasteiger partial charge on any atom is 0.0751 e. The van der Waals surface area contributed by atoms with Crippen LogP contribution in [0.25, 0.3) is 0 Å². The Kier molecular flexibility index (Phi) is 6.41. The summed E-state index contributed by atoms with van der Waals surface area (Å²) in [5, 5.41) is 3.67. The highest BCUT2D eigenvalue weighted by atomic mass is 15.2. The summed E-state index contributed by atoms with van der Waals surface area (Å²) < 4.78 is 0. The van der Waals surface area contributed by atoms with Crippen LogP contribution in [0.2, 0.25) is 0 Å². The Balaban J connectivity index is 1.63. The zero-order chi connectivity index (χ0) is 22.7. The van der Waals surface area contributed by atoms with Gasteiger partial charge in [-0.05, 0) is 70.9 Å². The van der Waals surface area contributed by atoms with Gasteiger partial charge in [-0.3, -0.25) is 0 Å². The summed E-state index contributed by atoms with van der Waals surface area (Å²) in [7, 11) is 0. The van der Waals surface area contributed by atoms with Crippen LogP contribution in [0.3, 0.4) is 0 Å². The van der Waals surface area contributed by atoms with Crippen LogP contribution in [0.15, 0.2) is 84.6 Å². The van der Waals surface area contributed by atoms with Crippen LogP contribution in [0.1, 0.15) is 62.9 Å². The molecule has 0 amide bonds. The third-order valence-electron chi connectivity index (χ3n) is 6.50. The first-order valence-electron chi connectivity index (χ1n) is 11.9. The third-order valence-corrected chi connectivity index (χ3v) is 6.50. The van der Waals surface area contributed by atoms with Crippen molar-refractivity contribution in [3.05, 3.63) is 107 Å². The number of aryl methyl sites for hydroxylation is 2. The summed E-state index contributed by atoms with van der Waals surface area (Å²) in [6.07, 6.45) is 4.52. The zero-order valence-corrected chi connectivity index (χ0v) is 20.2. The highest BCUT2D eigenvalue weighted by Crippen LogP contribution is 2.36. The second-order valence-electron chi connectivity index (χ2n) is 9.83. The minimum atomic E-state index is 0.164. The van der Waals surface area contributed by atoms with Crippen molar-refractivity contribution >= 4 is 11.4 Å². The van der Waals surface area contributed by atoms with E-state index in [0.29, 0.717) is 0 Å². The lowest BCUT2D eigenvalue weighted by molar-refractivity contribution is 0.589. The van der Waals surface area contributed by atoms with Gasteiger partial charge in [0.25, 0.3) is 0 Å². The molecule has 0 fully saturated rings. The molecule has 3 aromatic rings. The Hall–Kier alpha value is -3.00. The highest BCUT2D eigenvalue weighted by molar-refractivity contribution is 5.59. The molecule has 1 atom stereocenters. The van der Waals surface area contributed by atoms with Gasteiger partial charge in [0.1, 0.15) is 0 Å².